The van der Waals surface area contributed by atoms with Crippen LogP contribution in [-0.4, -0.2) is 22.9 Å². The molecule has 0 aliphatic heterocycles. The third-order valence-electron chi connectivity index (χ3n) is 3.04. The van der Waals surface area contributed by atoms with Gasteiger partial charge in [-0.25, -0.2) is 4.98 Å². The van der Waals surface area contributed by atoms with Gasteiger partial charge in [-0.2, -0.15) is 0 Å². The van der Waals surface area contributed by atoms with Crippen molar-refractivity contribution in [1.82, 2.24) is 4.98 Å². The molecule has 1 aromatic carbocycles. The number of nitrogens with zero attached hydrogens (tertiary/aromatic N) is 3. The highest BCUT2D eigenvalue weighted by Crippen LogP contribution is 2.22. The Hall–Kier alpha value is -2.96. The standard InChI is InChI=1S/C14H14N4O3/c1-9-4-3-5-10(6-9)17(2)14(19)12-7-11(18(20)21)8-16-13(12)15/h3-8H,1-2H3,(H2,15,16). The number of anilines is 2. The molecule has 2 aromatic rings. The molecule has 7 heteroatoms. The molecule has 2 rings (SSSR count). The van der Waals surface area contributed by atoms with E-state index in [-0.39, 0.29) is 17.1 Å². The summed E-state index contributed by atoms with van der Waals surface area (Å²) in [6.07, 6.45) is 1.03. The van der Waals surface area contributed by atoms with E-state index in [0.717, 1.165) is 17.8 Å². The third kappa shape index (κ3) is 2.97. The van der Waals surface area contributed by atoms with Gasteiger partial charge in [0.05, 0.1) is 10.5 Å². The molecule has 0 aliphatic rings. The molecule has 0 radical (unpaired) electrons. The van der Waals surface area contributed by atoms with Gasteiger partial charge >= 0.3 is 0 Å². The number of hydrogen-bond donors (Lipinski definition) is 1. The Morgan fingerprint density at radius 1 is 1.38 bits per heavy atom. The van der Waals surface area contributed by atoms with Gasteiger partial charge in [-0.15, -0.1) is 0 Å². The molecule has 0 saturated carbocycles. The summed E-state index contributed by atoms with van der Waals surface area (Å²) in [5.41, 5.74) is 7.06. The lowest BCUT2D eigenvalue weighted by Crippen LogP contribution is -2.27. The lowest BCUT2D eigenvalue weighted by molar-refractivity contribution is -0.385. The predicted molar refractivity (Wildman–Crippen MR) is 79.2 cm³/mol. The first-order chi connectivity index (χ1) is 9.90. The fraction of sp³-hybridized carbons (Fsp3) is 0.143. The quantitative estimate of drug-likeness (QED) is 0.688. The second-order valence-corrected chi connectivity index (χ2v) is 4.59. The molecule has 108 valence electrons. The van der Waals surface area contributed by atoms with Crippen LogP contribution >= 0.6 is 0 Å². The highest BCUT2D eigenvalue weighted by Gasteiger charge is 2.20. The SMILES string of the molecule is Cc1cccc(N(C)C(=O)c2cc([N+](=O)[O-])cnc2N)c1. The van der Waals surface area contributed by atoms with Crippen LogP contribution in [0.15, 0.2) is 36.5 Å². The van der Waals surface area contributed by atoms with Crippen LogP contribution in [0, 0.1) is 17.0 Å². The maximum Gasteiger partial charge on any atom is 0.288 e. The van der Waals surface area contributed by atoms with Crippen LogP contribution in [0.4, 0.5) is 17.2 Å². The number of nitrogen functional groups attached to an aromatic ring is 1. The minimum absolute atomic E-state index is 0.00760. The zero-order chi connectivity index (χ0) is 15.6. The first-order valence-corrected chi connectivity index (χ1v) is 6.15. The summed E-state index contributed by atoms with van der Waals surface area (Å²) in [6, 6.07) is 8.47. The summed E-state index contributed by atoms with van der Waals surface area (Å²) in [5, 5.41) is 10.8. The Balaban J connectivity index is 2.39. The van der Waals surface area contributed by atoms with Crippen LogP contribution < -0.4 is 10.6 Å². The van der Waals surface area contributed by atoms with Crippen LogP contribution in [-0.2, 0) is 0 Å². The van der Waals surface area contributed by atoms with Gasteiger partial charge < -0.3 is 10.6 Å². The Morgan fingerprint density at radius 3 is 2.71 bits per heavy atom. The highest BCUT2D eigenvalue weighted by molar-refractivity contribution is 6.08. The van der Waals surface area contributed by atoms with Crippen LogP contribution in [0.5, 0.6) is 0 Å². The number of carbonyl (C=O) groups is 1. The van der Waals surface area contributed by atoms with Crippen LogP contribution in [0.2, 0.25) is 0 Å². The normalized spacial score (nSPS) is 10.2. The number of pyridine rings is 1. The lowest BCUT2D eigenvalue weighted by Gasteiger charge is -2.18. The molecule has 0 fully saturated rings. The number of benzene rings is 1. The second-order valence-electron chi connectivity index (χ2n) is 4.59. The van der Waals surface area contributed by atoms with Gasteiger partial charge in [0.15, 0.2) is 0 Å². The molecule has 1 aromatic heterocycles. The third-order valence-corrected chi connectivity index (χ3v) is 3.04. The summed E-state index contributed by atoms with van der Waals surface area (Å²) in [4.78, 5) is 27.7. The fourth-order valence-electron chi connectivity index (χ4n) is 1.87. The number of rotatable bonds is 3. The first kappa shape index (κ1) is 14.4. The Kier molecular flexibility index (Phi) is 3.84. The molecule has 2 N–H and O–H groups in total. The van der Waals surface area contributed by atoms with Crippen LogP contribution in [0.1, 0.15) is 15.9 Å². The van der Waals surface area contributed by atoms with E-state index in [0.29, 0.717) is 5.69 Å². The van der Waals surface area contributed by atoms with Gasteiger partial charge in [0, 0.05) is 18.8 Å². The predicted octanol–water partition coefficient (Wildman–Crippen LogP) is 2.16. The van der Waals surface area contributed by atoms with Crippen molar-refractivity contribution in [2.24, 2.45) is 0 Å². The second kappa shape index (κ2) is 5.58. The maximum absolute atomic E-state index is 12.4. The number of nitrogens with two attached hydrogens (primary N) is 1. The molecular weight excluding hydrogens is 272 g/mol. The molecule has 0 atom stereocenters. The van der Waals surface area contributed by atoms with E-state index in [9.17, 15) is 14.9 Å². The van der Waals surface area contributed by atoms with E-state index >= 15 is 0 Å². The van der Waals surface area contributed by atoms with Crippen molar-refractivity contribution in [3.63, 3.8) is 0 Å². The summed E-state index contributed by atoms with van der Waals surface area (Å²) >= 11 is 0. The fourth-order valence-corrected chi connectivity index (χ4v) is 1.87. The maximum atomic E-state index is 12.4. The lowest BCUT2D eigenvalue weighted by atomic mass is 10.1. The number of carbonyl (C=O) groups excluding carboxylic acids is 1. The van der Waals surface area contributed by atoms with Crippen LogP contribution in [0.3, 0.4) is 0 Å². The smallest absolute Gasteiger partial charge is 0.288 e. The first-order valence-electron chi connectivity index (χ1n) is 6.15. The Bertz CT molecular complexity index is 715. The molecule has 0 aliphatic carbocycles. The van der Waals surface area contributed by atoms with E-state index in [1.54, 1.807) is 13.1 Å². The zero-order valence-electron chi connectivity index (χ0n) is 11.6. The number of aryl methyl sites for hydroxylation is 1. The van der Waals surface area contributed by atoms with Gasteiger partial charge in [0.1, 0.15) is 12.0 Å². The Morgan fingerprint density at radius 2 is 2.10 bits per heavy atom. The number of hydrogen-bond acceptors (Lipinski definition) is 5. The average Bonchev–Trinajstić information content (AvgIpc) is 2.46. The van der Waals surface area contributed by atoms with Crippen molar-refractivity contribution in [2.45, 2.75) is 6.92 Å². The molecule has 0 unspecified atom stereocenters. The molecule has 0 saturated heterocycles. The van der Waals surface area contributed by atoms with Crippen molar-refractivity contribution in [3.8, 4) is 0 Å². The average molecular weight is 286 g/mol. The van der Waals surface area contributed by atoms with Crippen molar-refractivity contribution < 1.29 is 9.72 Å². The minimum atomic E-state index is -0.615. The van der Waals surface area contributed by atoms with E-state index in [1.165, 1.54) is 4.90 Å². The zero-order valence-corrected chi connectivity index (χ0v) is 11.6. The summed E-state index contributed by atoms with van der Waals surface area (Å²) in [7, 11) is 1.58. The molecule has 21 heavy (non-hydrogen) atoms. The number of amides is 1. The van der Waals surface area contributed by atoms with Crippen molar-refractivity contribution in [1.29, 1.82) is 0 Å². The molecule has 7 nitrogen and oxygen atoms in total. The van der Waals surface area contributed by atoms with E-state index < -0.39 is 10.8 Å². The highest BCUT2D eigenvalue weighted by atomic mass is 16.6. The van der Waals surface area contributed by atoms with E-state index in [4.69, 9.17) is 5.73 Å². The van der Waals surface area contributed by atoms with Crippen molar-refractivity contribution in [2.75, 3.05) is 17.7 Å². The topological polar surface area (TPSA) is 102 Å². The molecule has 0 spiro atoms. The minimum Gasteiger partial charge on any atom is -0.383 e. The molecule has 1 amide bonds. The number of nitro groups is 1. The van der Waals surface area contributed by atoms with Crippen molar-refractivity contribution >= 4 is 23.1 Å². The van der Waals surface area contributed by atoms with Crippen LogP contribution in [0.25, 0.3) is 0 Å². The Labute approximate surface area is 121 Å². The van der Waals surface area contributed by atoms with Gasteiger partial charge in [-0.3, -0.25) is 14.9 Å². The van der Waals surface area contributed by atoms with E-state index in [2.05, 4.69) is 4.98 Å². The molecule has 1 heterocycles. The van der Waals surface area contributed by atoms with Gasteiger partial charge in [0.2, 0.25) is 0 Å². The monoisotopic (exact) mass is 286 g/mol. The number of aromatic nitrogens is 1. The summed E-state index contributed by atoms with van der Waals surface area (Å²) in [6.45, 7) is 1.91. The summed E-state index contributed by atoms with van der Waals surface area (Å²) < 4.78 is 0. The molecule has 0 bridgehead atoms. The van der Waals surface area contributed by atoms with Crippen molar-refractivity contribution in [3.05, 3.63) is 57.8 Å². The summed E-state index contributed by atoms with van der Waals surface area (Å²) in [5.74, 6) is -0.487. The van der Waals surface area contributed by atoms with Gasteiger partial charge in [-0.05, 0) is 24.6 Å². The largest absolute Gasteiger partial charge is 0.383 e. The van der Waals surface area contributed by atoms with Gasteiger partial charge in [0.25, 0.3) is 11.6 Å². The molecular formula is C14H14N4O3. The van der Waals surface area contributed by atoms with E-state index in [1.807, 2.05) is 25.1 Å². The van der Waals surface area contributed by atoms with Gasteiger partial charge in [-0.1, -0.05) is 12.1 Å².